The number of benzene rings is 1. The number of rotatable bonds is 4. The molecule has 0 saturated carbocycles. The van der Waals surface area contributed by atoms with Gasteiger partial charge in [0.25, 0.3) is 0 Å². The third kappa shape index (κ3) is 3.12. The number of amides is 1. The summed E-state index contributed by atoms with van der Waals surface area (Å²) in [6.45, 7) is 2.55. The molecule has 0 bridgehead atoms. The van der Waals surface area contributed by atoms with Crippen LogP contribution in [0.3, 0.4) is 0 Å². The molecule has 5 heteroatoms. The van der Waals surface area contributed by atoms with E-state index in [1.54, 1.807) is 0 Å². The van der Waals surface area contributed by atoms with Gasteiger partial charge in [0.15, 0.2) is 0 Å². The molecule has 102 valence electrons. The summed E-state index contributed by atoms with van der Waals surface area (Å²) >= 11 is 0. The molecule has 1 aromatic rings. The van der Waals surface area contributed by atoms with Crippen LogP contribution in [0.5, 0.6) is 0 Å². The normalized spacial score (nSPS) is 16.8. The van der Waals surface area contributed by atoms with E-state index in [0.29, 0.717) is 6.42 Å². The fraction of sp³-hybridized carbons (Fsp3) is 0.429. The van der Waals surface area contributed by atoms with Gasteiger partial charge in [-0.2, -0.15) is 0 Å². The number of likely N-dealkylation sites (tertiary alicyclic amines) is 1. The Hall–Kier alpha value is -1.88. The van der Waals surface area contributed by atoms with Gasteiger partial charge in [0.05, 0.1) is 12.0 Å². The number of carboxylic acid groups (broad SMARTS) is 1. The molecule has 0 spiro atoms. The molecule has 0 aliphatic carbocycles. The fourth-order valence-corrected chi connectivity index (χ4v) is 2.11. The third-order valence-electron chi connectivity index (χ3n) is 3.44. The van der Waals surface area contributed by atoms with Crippen LogP contribution in [-0.4, -0.2) is 41.0 Å². The van der Waals surface area contributed by atoms with E-state index >= 15 is 0 Å². The van der Waals surface area contributed by atoms with Gasteiger partial charge in [-0.25, -0.2) is 0 Å². The Kier molecular flexibility index (Phi) is 3.85. The Morgan fingerprint density at radius 2 is 1.95 bits per heavy atom. The van der Waals surface area contributed by atoms with Crippen LogP contribution in [0.15, 0.2) is 24.3 Å². The van der Waals surface area contributed by atoms with Gasteiger partial charge in [-0.1, -0.05) is 29.8 Å². The lowest BCUT2D eigenvalue weighted by Crippen LogP contribution is -2.57. The van der Waals surface area contributed by atoms with Crippen LogP contribution in [0.4, 0.5) is 0 Å². The minimum atomic E-state index is -0.851. The van der Waals surface area contributed by atoms with Gasteiger partial charge in [-0.3, -0.25) is 9.59 Å². The van der Waals surface area contributed by atoms with Crippen molar-refractivity contribution in [3.05, 3.63) is 35.4 Å². The maximum absolute atomic E-state index is 12.0. The molecule has 1 heterocycles. The molecule has 2 rings (SSSR count). The van der Waals surface area contributed by atoms with Crippen molar-refractivity contribution in [2.75, 3.05) is 13.1 Å². The Bertz CT molecular complexity index is 478. The molecule has 0 radical (unpaired) electrons. The topological polar surface area (TPSA) is 83.6 Å². The summed E-state index contributed by atoms with van der Waals surface area (Å²) < 4.78 is 0. The van der Waals surface area contributed by atoms with E-state index in [-0.39, 0.29) is 19.0 Å². The van der Waals surface area contributed by atoms with Crippen LogP contribution in [0.25, 0.3) is 0 Å². The first kappa shape index (κ1) is 13.5. The summed E-state index contributed by atoms with van der Waals surface area (Å²) in [5.41, 5.74) is 8.06. The van der Waals surface area contributed by atoms with Crippen LogP contribution in [0.2, 0.25) is 0 Å². The van der Waals surface area contributed by atoms with Gasteiger partial charge in [-0.15, -0.1) is 0 Å². The first-order valence-electron chi connectivity index (χ1n) is 6.30. The van der Waals surface area contributed by atoms with Crippen molar-refractivity contribution in [2.45, 2.75) is 19.4 Å². The predicted molar refractivity (Wildman–Crippen MR) is 70.6 cm³/mol. The van der Waals surface area contributed by atoms with E-state index in [1.165, 1.54) is 4.90 Å². The number of nitrogens with two attached hydrogens (primary N) is 1. The van der Waals surface area contributed by atoms with Crippen molar-refractivity contribution in [2.24, 2.45) is 11.7 Å². The zero-order valence-corrected chi connectivity index (χ0v) is 10.9. The highest BCUT2D eigenvalue weighted by molar-refractivity contribution is 5.85. The van der Waals surface area contributed by atoms with Gasteiger partial charge in [0, 0.05) is 13.1 Å². The Morgan fingerprint density at radius 1 is 1.37 bits per heavy atom. The average Bonchev–Trinajstić information content (AvgIpc) is 2.29. The molecule has 1 saturated heterocycles. The fourth-order valence-electron chi connectivity index (χ4n) is 2.11. The summed E-state index contributed by atoms with van der Waals surface area (Å²) in [6, 6.07) is 7.28. The minimum Gasteiger partial charge on any atom is -0.481 e. The van der Waals surface area contributed by atoms with Gasteiger partial charge in [-0.05, 0) is 18.9 Å². The van der Waals surface area contributed by atoms with Crippen LogP contribution < -0.4 is 5.73 Å². The molecule has 1 fully saturated rings. The van der Waals surface area contributed by atoms with Gasteiger partial charge >= 0.3 is 5.97 Å². The zero-order chi connectivity index (χ0) is 14.0. The Labute approximate surface area is 112 Å². The second kappa shape index (κ2) is 5.40. The molecule has 3 N–H and O–H groups in total. The van der Waals surface area contributed by atoms with Gasteiger partial charge in [0.1, 0.15) is 0 Å². The van der Waals surface area contributed by atoms with Gasteiger partial charge < -0.3 is 15.7 Å². The lowest BCUT2D eigenvalue weighted by Gasteiger charge is -2.38. The number of carbonyl (C=O) groups is 2. The predicted octanol–water partition coefficient (Wildman–Crippen LogP) is 0.408. The lowest BCUT2D eigenvalue weighted by atomic mass is 9.97. The first-order valence-corrected chi connectivity index (χ1v) is 6.30. The van der Waals surface area contributed by atoms with E-state index in [0.717, 1.165) is 11.1 Å². The average molecular weight is 262 g/mol. The quantitative estimate of drug-likeness (QED) is 0.823. The van der Waals surface area contributed by atoms with Crippen molar-refractivity contribution < 1.29 is 14.7 Å². The molecule has 1 amide bonds. The lowest BCUT2D eigenvalue weighted by molar-refractivity contribution is -0.153. The summed E-state index contributed by atoms with van der Waals surface area (Å²) in [6.07, 6.45) is 0.480. The molecule has 19 heavy (non-hydrogen) atoms. The smallest absolute Gasteiger partial charge is 0.310 e. The SMILES string of the molecule is Cc1ccc(C[C@H](N)C(=O)N2CC(C(=O)O)C2)cc1. The standard InChI is InChI=1S/C14H18N2O3/c1-9-2-4-10(5-3-9)6-12(15)13(17)16-7-11(8-16)14(18)19/h2-5,11-12H,6-8,15H2,1H3,(H,18,19)/t12-/m0/s1. The molecule has 1 aromatic carbocycles. The van der Waals surface area contributed by atoms with Crippen LogP contribution in [0, 0.1) is 12.8 Å². The highest BCUT2D eigenvalue weighted by Gasteiger charge is 2.37. The van der Waals surface area contributed by atoms with Crippen molar-refractivity contribution >= 4 is 11.9 Å². The molecule has 0 unspecified atom stereocenters. The highest BCUT2D eigenvalue weighted by atomic mass is 16.4. The third-order valence-corrected chi connectivity index (χ3v) is 3.44. The van der Waals surface area contributed by atoms with Crippen LogP contribution >= 0.6 is 0 Å². The molecule has 5 nitrogen and oxygen atoms in total. The largest absolute Gasteiger partial charge is 0.481 e. The molecular weight excluding hydrogens is 244 g/mol. The summed E-state index contributed by atoms with van der Waals surface area (Å²) in [7, 11) is 0. The van der Waals surface area contributed by atoms with Crippen LogP contribution in [-0.2, 0) is 16.0 Å². The van der Waals surface area contributed by atoms with Crippen molar-refractivity contribution in [3.8, 4) is 0 Å². The summed E-state index contributed by atoms with van der Waals surface area (Å²) in [4.78, 5) is 24.2. The van der Waals surface area contributed by atoms with Crippen LogP contribution in [0.1, 0.15) is 11.1 Å². The molecule has 1 atom stereocenters. The second-order valence-corrected chi connectivity index (χ2v) is 5.07. The Morgan fingerprint density at radius 3 is 2.47 bits per heavy atom. The number of hydrogen-bond donors (Lipinski definition) is 2. The number of carboxylic acids is 1. The van der Waals surface area contributed by atoms with Crippen molar-refractivity contribution in [3.63, 3.8) is 0 Å². The highest BCUT2D eigenvalue weighted by Crippen LogP contribution is 2.17. The zero-order valence-electron chi connectivity index (χ0n) is 10.9. The van der Waals surface area contributed by atoms with E-state index in [9.17, 15) is 9.59 Å². The van der Waals surface area contributed by atoms with Gasteiger partial charge in [0.2, 0.25) is 5.91 Å². The van der Waals surface area contributed by atoms with E-state index < -0.39 is 17.9 Å². The van der Waals surface area contributed by atoms with E-state index in [4.69, 9.17) is 10.8 Å². The number of aryl methyl sites for hydroxylation is 1. The monoisotopic (exact) mass is 262 g/mol. The molecule has 1 aliphatic rings. The maximum atomic E-state index is 12.0. The molecule has 0 aromatic heterocycles. The summed E-state index contributed by atoms with van der Waals surface area (Å²) in [5.74, 6) is -1.45. The summed E-state index contributed by atoms with van der Waals surface area (Å²) in [5, 5.41) is 8.76. The number of hydrogen-bond acceptors (Lipinski definition) is 3. The number of carbonyl (C=O) groups excluding carboxylic acids is 1. The van der Waals surface area contributed by atoms with Crippen molar-refractivity contribution in [1.82, 2.24) is 4.90 Å². The maximum Gasteiger partial charge on any atom is 0.310 e. The molecule has 1 aliphatic heterocycles. The number of aliphatic carboxylic acids is 1. The first-order chi connectivity index (χ1) is 8.97. The number of nitrogens with zero attached hydrogens (tertiary/aromatic N) is 1. The van der Waals surface area contributed by atoms with Crippen molar-refractivity contribution in [1.29, 1.82) is 0 Å². The molecular formula is C14H18N2O3. The Balaban J connectivity index is 1.87. The van der Waals surface area contributed by atoms with E-state index in [1.807, 2.05) is 31.2 Å². The minimum absolute atomic E-state index is 0.168. The van der Waals surface area contributed by atoms with E-state index in [2.05, 4.69) is 0 Å². The second-order valence-electron chi connectivity index (χ2n) is 5.07.